The molecule has 0 unspecified atom stereocenters. The van der Waals surface area contributed by atoms with Crippen LogP contribution in [0.25, 0.3) is 21.9 Å². The van der Waals surface area contributed by atoms with Crippen molar-refractivity contribution in [3.8, 4) is 11.1 Å². The van der Waals surface area contributed by atoms with Crippen LogP contribution in [0.4, 0.5) is 4.79 Å². The molecule has 2 atom stereocenters. The Bertz CT molecular complexity index is 1690. The van der Waals surface area contributed by atoms with E-state index in [-0.39, 0.29) is 31.5 Å². The lowest BCUT2D eigenvalue weighted by Crippen LogP contribution is -2.52. The molecule has 5 aromatic rings. The molecule has 0 spiro atoms. The van der Waals surface area contributed by atoms with Crippen LogP contribution in [0.3, 0.4) is 0 Å². The van der Waals surface area contributed by atoms with Crippen LogP contribution >= 0.6 is 0 Å². The fraction of sp³-hybridized carbons (Fsp3) is 0.189. The van der Waals surface area contributed by atoms with Gasteiger partial charge in [-0.05, 0) is 50.6 Å². The van der Waals surface area contributed by atoms with E-state index in [1.807, 2.05) is 97.1 Å². The van der Waals surface area contributed by atoms with Gasteiger partial charge in [0, 0.05) is 12.3 Å². The van der Waals surface area contributed by atoms with Crippen molar-refractivity contribution in [2.24, 2.45) is 0 Å². The molecule has 5 aromatic carbocycles. The summed E-state index contributed by atoms with van der Waals surface area (Å²) >= 11 is 0. The Balaban J connectivity index is 1.18. The van der Waals surface area contributed by atoms with E-state index in [4.69, 9.17) is 4.74 Å². The van der Waals surface area contributed by atoms with E-state index in [9.17, 15) is 14.7 Å². The van der Waals surface area contributed by atoms with E-state index in [1.54, 1.807) is 0 Å². The first-order valence-corrected chi connectivity index (χ1v) is 14.6. The van der Waals surface area contributed by atoms with E-state index in [2.05, 4.69) is 34.9 Å². The number of aliphatic hydroxyl groups excluding tert-OH is 1. The van der Waals surface area contributed by atoms with Gasteiger partial charge in [-0.15, -0.1) is 0 Å². The normalized spacial score (nSPS) is 13.5. The summed E-state index contributed by atoms with van der Waals surface area (Å²) in [4.78, 5) is 26.8. The zero-order valence-corrected chi connectivity index (χ0v) is 23.8. The minimum atomic E-state index is -0.901. The van der Waals surface area contributed by atoms with Gasteiger partial charge in [0.05, 0.1) is 12.6 Å². The molecule has 1 aliphatic carbocycles. The van der Waals surface area contributed by atoms with Gasteiger partial charge in [-0.3, -0.25) is 4.79 Å². The first-order chi connectivity index (χ1) is 21.1. The summed E-state index contributed by atoms with van der Waals surface area (Å²) in [6, 6.07) is 38.6. The monoisotopic (exact) mass is 570 g/mol. The highest BCUT2D eigenvalue weighted by Gasteiger charge is 2.30. The highest BCUT2D eigenvalue weighted by Crippen LogP contribution is 2.44. The Kier molecular flexibility index (Phi) is 8.47. The fourth-order valence-corrected chi connectivity index (χ4v) is 5.95. The molecule has 0 bridgehead atoms. The van der Waals surface area contributed by atoms with Gasteiger partial charge in [0.2, 0.25) is 5.91 Å². The van der Waals surface area contributed by atoms with Gasteiger partial charge in [-0.2, -0.15) is 0 Å². The number of rotatable bonds is 10. The lowest BCUT2D eigenvalue weighted by Gasteiger charge is -2.23. The standard InChI is InChI=1S/C37H34N2O4/c40-23-29(21-25-10-2-1-3-11-25)38-36(41)35(22-26-18-19-27-12-4-5-13-28(27)20-26)39-37(42)43-24-34-32-16-8-6-14-30(32)31-15-7-9-17-33(31)34/h1-20,29,34-35,40H,21-24H2,(H,38,41)(H,39,42)/t29-,35-/m0/s1. The number of hydrogen-bond acceptors (Lipinski definition) is 4. The van der Waals surface area contributed by atoms with Crippen LogP contribution in [0, 0.1) is 0 Å². The molecule has 6 heteroatoms. The number of aliphatic hydroxyl groups is 1. The number of benzene rings is 5. The van der Waals surface area contributed by atoms with Crippen molar-refractivity contribution in [1.29, 1.82) is 0 Å². The summed E-state index contributed by atoms with van der Waals surface area (Å²) < 4.78 is 5.78. The van der Waals surface area contributed by atoms with E-state index in [0.717, 1.165) is 44.2 Å². The molecule has 1 aliphatic rings. The topological polar surface area (TPSA) is 87.7 Å². The fourth-order valence-electron chi connectivity index (χ4n) is 5.95. The predicted octanol–water partition coefficient (Wildman–Crippen LogP) is 6.01. The van der Waals surface area contributed by atoms with Crippen molar-refractivity contribution < 1.29 is 19.4 Å². The van der Waals surface area contributed by atoms with E-state index < -0.39 is 18.2 Å². The van der Waals surface area contributed by atoms with Crippen molar-refractivity contribution in [3.63, 3.8) is 0 Å². The summed E-state index contributed by atoms with van der Waals surface area (Å²) in [6.45, 7) is -0.0777. The van der Waals surface area contributed by atoms with Crippen LogP contribution in [-0.4, -0.2) is 42.4 Å². The van der Waals surface area contributed by atoms with Crippen LogP contribution in [0.2, 0.25) is 0 Å². The second-order valence-electron chi connectivity index (χ2n) is 11.0. The van der Waals surface area contributed by atoms with Crippen molar-refractivity contribution in [1.82, 2.24) is 10.6 Å². The van der Waals surface area contributed by atoms with Crippen LogP contribution in [0.5, 0.6) is 0 Å². The van der Waals surface area contributed by atoms with Crippen molar-refractivity contribution in [2.75, 3.05) is 13.2 Å². The lowest BCUT2D eigenvalue weighted by atomic mass is 9.98. The van der Waals surface area contributed by atoms with Gasteiger partial charge in [-0.1, -0.05) is 121 Å². The van der Waals surface area contributed by atoms with Crippen LogP contribution in [-0.2, 0) is 22.4 Å². The van der Waals surface area contributed by atoms with Gasteiger partial charge >= 0.3 is 6.09 Å². The zero-order chi connectivity index (χ0) is 29.6. The molecule has 0 fully saturated rings. The summed E-state index contributed by atoms with van der Waals surface area (Å²) in [7, 11) is 0. The van der Waals surface area contributed by atoms with Crippen LogP contribution in [0.15, 0.2) is 121 Å². The number of alkyl carbamates (subject to hydrolysis) is 1. The van der Waals surface area contributed by atoms with Crippen LogP contribution < -0.4 is 10.6 Å². The molecular formula is C37H34N2O4. The highest BCUT2D eigenvalue weighted by atomic mass is 16.5. The number of amides is 2. The van der Waals surface area contributed by atoms with Crippen molar-refractivity contribution in [3.05, 3.63) is 144 Å². The number of fused-ring (bicyclic) bond motifs is 4. The van der Waals surface area contributed by atoms with Gasteiger partial charge in [0.25, 0.3) is 0 Å². The average molecular weight is 571 g/mol. The van der Waals surface area contributed by atoms with Gasteiger partial charge in [0.1, 0.15) is 12.6 Å². The summed E-state index contributed by atoms with van der Waals surface area (Å²) in [6.07, 6.45) is 0.0764. The largest absolute Gasteiger partial charge is 0.449 e. The quantitative estimate of drug-likeness (QED) is 0.192. The maximum absolute atomic E-state index is 13.6. The zero-order valence-electron chi connectivity index (χ0n) is 23.8. The second-order valence-corrected chi connectivity index (χ2v) is 11.0. The predicted molar refractivity (Wildman–Crippen MR) is 169 cm³/mol. The lowest BCUT2D eigenvalue weighted by molar-refractivity contribution is -0.124. The molecular weight excluding hydrogens is 536 g/mol. The van der Waals surface area contributed by atoms with Crippen molar-refractivity contribution in [2.45, 2.75) is 30.8 Å². The third-order valence-electron chi connectivity index (χ3n) is 8.10. The molecule has 43 heavy (non-hydrogen) atoms. The molecule has 216 valence electrons. The second kappa shape index (κ2) is 12.9. The molecule has 0 radical (unpaired) electrons. The molecule has 3 N–H and O–H groups in total. The molecule has 0 aliphatic heterocycles. The maximum Gasteiger partial charge on any atom is 0.407 e. The van der Waals surface area contributed by atoms with Gasteiger partial charge in [0.15, 0.2) is 0 Å². The molecule has 0 saturated carbocycles. The van der Waals surface area contributed by atoms with E-state index >= 15 is 0 Å². The van der Waals surface area contributed by atoms with Crippen molar-refractivity contribution >= 4 is 22.8 Å². The summed E-state index contributed by atoms with van der Waals surface area (Å²) in [5, 5.41) is 18.0. The molecule has 6 rings (SSSR count). The molecule has 2 amide bonds. The Hall–Kier alpha value is -4.94. The Labute approximate surface area is 251 Å². The van der Waals surface area contributed by atoms with E-state index in [0.29, 0.717) is 6.42 Å². The number of carbonyl (C=O) groups is 2. The summed E-state index contributed by atoms with van der Waals surface area (Å²) in [5.74, 6) is -0.466. The molecule has 6 nitrogen and oxygen atoms in total. The third-order valence-corrected chi connectivity index (χ3v) is 8.10. The summed E-state index contributed by atoms with van der Waals surface area (Å²) in [5.41, 5.74) is 6.43. The van der Waals surface area contributed by atoms with Gasteiger partial charge < -0.3 is 20.5 Å². The number of hydrogen-bond donors (Lipinski definition) is 3. The minimum Gasteiger partial charge on any atom is -0.449 e. The smallest absolute Gasteiger partial charge is 0.407 e. The first kappa shape index (κ1) is 28.2. The molecule has 0 heterocycles. The first-order valence-electron chi connectivity index (χ1n) is 14.6. The molecule has 0 aromatic heterocycles. The number of ether oxygens (including phenoxy) is 1. The highest BCUT2D eigenvalue weighted by molar-refractivity contribution is 5.87. The Morgan fingerprint density at radius 1 is 0.674 bits per heavy atom. The number of carbonyl (C=O) groups excluding carboxylic acids is 2. The molecule has 0 saturated heterocycles. The van der Waals surface area contributed by atoms with Crippen LogP contribution in [0.1, 0.15) is 28.2 Å². The average Bonchev–Trinajstić information content (AvgIpc) is 3.37. The maximum atomic E-state index is 13.6. The third kappa shape index (κ3) is 6.45. The minimum absolute atomic E-state index is 0.0874. The number of nitrogens with one attached hydrogen (secondary N) is 2. The van der Waals surface area contributed by atoms with E-state index in [1.165, 1.54) is 0 Å². The Morgan fingerprint density at radius 3 is 2.00 bits per heavy atom. The van der Waals surface area contributed by atoms with Gasteiger partial charge in [-0.25, -0.2) is 4.79 Å². The SMILES string of the molecule is O=C(N[C@@H](Cc1ccc2ccccc2c1)C(=O)N[C@H](CO)Cc1ccccc1)OCC1c2ccccc2-c2ccccc21. The Morgan fingerprint density at radius 2 is 1.30 bits per heavy atom.